The molecule has 2 aliphatic rings. The number of pyridine rings is 1. The number of aliphatic carboxylic acids is 1. The Hall–Kier alpha value is -1.83. The van der Waals surface area contributed by atoms with Crippen molar-refractivity contribution < 1.29 is 19.7 Å². The number of hydrogen-bond acceptors (Lipinski definition) is 6. The van der Waals surface area contributed by atoms with E-state index in [1.807, 2.05) is 25.1 Å². The Morgan fingerprint density at radius 1 is 1.29 bits per heavy atom. The maximum atomic E-state index is 12.4. The molecule has 1 saturated heterocycles. The Kier molecular flexibility index (Phi) is 8.38. The molecular weight excluding hydrogens is 448 g/mol. The molecule has 2 aromatic rings. The number of fused-ring (bicyclic) bond motifs is 1. The van der Waals surface area contributed by atoms with Crippen molar-refractivity contribution in [1.29, 1.82) is 0 Å². The number of aliphatic hydroxyl groups excluding tert-OH is 1. The number of aryl methyl sites for hydroxylation is 1. The van der Waals surface area contributed by atoms with Crippen molar-refractivity contribution in [2.75, 3.05) is 32.5 Å². The van der Waals surface area contributed by atoms with Gasteiger partial charge in [-0.05, 0) is 87.9 Å². The standard InChI is InChI=1S/C27H38N2O4S/c1-19-18-28-23-8-7-20(33-2)17-22(23)25(19)24(30)9-10-27(26(31)32)11-13-29(14-12-27)15-16-34-21-5-3-4-6-21/h7-8,17-18,21,24,30H,3-6,9-16H2,1-2H3,(H,31,32)/t24-/m0/s1. The van der Waals surface area contributed by atoms with Crippen LogP contribution in [0.1, 0.15) is 68.6 Å². The Labute approximate surface area is 207 Å². The lowest BCUT2D eigenvalue weighted by atomic mass is 9.74. The number of hydrogen-bond donors (Lipinski definition) is 2. The molecule has 1 aromatic carbocycles. The van der Waals surface area contributed by atoms with Gasteiger partial charge in [0, 0.05) is 29.1 Å². The molecule has 1 saturated carbocycles. The fourth-order valence-corrected chi connectivity index (χ4v) is 6.96. The second-order valence-corrected chi connectivity index (χ2v) is 11.4. The summed E-state index contributed by atoms with van der Waals surface area (Å²) in [5.41, 5.74) is 1.78. The summed E-state index contributed by atoms with van der Waals surface area (Å²) in [4.78, 5) is 19.3. The molecule has 1 atom stereocenters. The third kappa shape index (κ3) is 5.69. The zero-order valence-electron chi connectivity index (χ0n) is 20.5. The van der Waals surface area contributed by atoms with Crippen LogP contribution in [0.15, 0.2) is 24.4 Å². The van der Waals surface area contributed by atoms with Gasteiger partial charge in [0.05, 0.1) is 24.1 Å². The van der Waals surface area contributed by atoms with Crippen molar-refractivity contribution in [2.45, 2.75) is 69.6 Å². The molecule has 1 aromatic heterocycles. The zero-order chi connectivity index (χ0) is 24.1. The van der Waals surface area contributed by atoms with Gasteiger partial charge in [-0.25, -0.2) is 0 Å². The van der Waals surface area contributed by atoms with Crippen molar-refractivity contribution in [3.05, 3.63) is 35.5 Å². The fraction of sp³-hybridized carbons (Fsp3) is 0.630. The molecule has 2 N–H and O–H groups in total. The summed E-state index contributed by atoms with van der Waals surface area (Å²) in [6.45, 7) is 4.63. The van der Waals surface area contributed by atoms with Crippen LogP contribution in [-0.2, 0) is 4.79 Å². The summed E-state index contributed by atoms with van der Waals surface area (Å²) in [5.74, 6) is 1.13. The van der Waals surface area contributed by atoms with E-state index in [-0.39, 0.29) is 0 Å². The molecule has 6 nitrogen and oxygen atoms in total. The van der Waals surface area contributed by atoms with Gasteiger partial charge >= 0.3 is 5.97 Å². The number of piperidine rings is 1. The van der Waals surface area contributed by atoms with Gasteiger partial charge in [0.25, 0.3) is 0 Å². The quantitative estimate of drug-likeness (QED) is 0.477. The number of likely N-dealkylation sites (tertiary alicyclic amines) is 1. The Bertz CT molecular complexity index is 984. The molecule has 186 valence electrons. The lowest BCUT2D eigenvalue weighted by Crippen LogP contribution is -2.45. The second-order valence-electron chi connectivity index (χ2n) is 10.00. The summed E-state index contributed by atoms with van der Waals surface area (Å²) < 4.78 is 5.37. The van der Waals surface area contributed by atoms with E-state index in [2.05, 4.69) is 21.6 Å². The minimum atomic E-state index is -0.759. The third-order valence-electron chi connectivity index (χ3n) is 7.88. The molecule has 0 radical (unpaired) electrons. The Balaban J connectivity index is 1.37. The van der Waals surface area contributed by atoms with E-state index in [4.69, 9.17) is 4.74 Å². The van der Waals surface area contributed by atoms with E-state index < -0.39 is 17.5 Å². The third-order valence-corrected chi connectivity index (χ3v) is 9.24. The number of thioether (sulfide) groups is 1. The fourth-order valence-electron chi connectivity index (χ4n) is 5.60. The summed E-state index contributed by atoms with van der Waals surface area (Å²) >= 11 is 2.10. The molecule has 0 amide bonds. The predicted octanol–water partition coefficient (Wildman–Crippen LogP) is 5.21. The first kappa shape index (κ1) is 25.3. The van der Waals surface area contributed by atoms with Crippen molar-refractivity contribution in [2.24, 2.45) is 5.41 Å². The summed E-state index contributed by atoms with van der Waals surface area (Å²) in [6, 6.07) is 5.66. The highest BCUT2D eigenvalue weighted by Crippen LogP contribution is 2.40. The number of carboxylic acids is 1. The molecule has 2 fully saturated rings. The van der Waals surface area contributed by atoms with Crippen LogP contribution in [-0.4, -0.2) is 63.8 Å². The largest absolute Gasteiger partial charge is 0.497 e. The number of aromatic nitrogens is 1. The zero-order valence-corrected chi connectivity index (χ0v) is 21.3. The summed E-state index contributed by atoms with van der Waals surface area (Å²) in [7, 11) is 1.62. The van der Waals surface area contributed by atoms with E-state index >= 15 is 0 Å². The van der Waals surface area contributed by atoms with Crippen LogP contribution in [0, 0.1) is 12.3 Å². The number of benzene rings is 1. The van der Waals surface area contributed by atoms with Crippen molar-refractivity contribution in [3.63, 3.8) is 0 Å². The van der Waals surface area contributed by atoms with E-state index in [0.717, 1.165) is 52.7 Å². The van der Waals surface area contributed by atoms with E-state index in [1.54, 1.807) is 13.3 Å². The maximum Gasteiger partial charge on any atom is 0.309 e. The average molecular weight is 487 g/mol. The topological polar surface area (TPSA) is 82.9 Å². The number of carbonyl (C=O) groups is 1. The Morgan fingerprint density at radius 3 is 2.71 bits per heavy atom. The van der Waals surface area contributed by atoms with Gasteiger partial charge in [0.2, 0.25) is 0 Å². The van der Waals surface area contributed by atoms with Gasteiger partial charge in [-0.1, -0.05) is 12.8 Å². The van der Waals surface area contributed by atoms with Crippen LogP contribution >= 0.6 is 11.8 Å². The minimum absolute atomic E-state index is 0.418. The molecule has 1 aliphatic heterocycles. The van der Waals surface area contributed by atoms with E-state index in [0.29, 0.717) is 31.4 Å². The average Bonchev–Trinajstić information content (AvgIpc) is 3.36. The van der Waals surface area contributed by atoms with Crippen LogP contribution < -0.4 is 4.74 Å². The highest BCUT2D eigenvalue weighted by molar-refractivity contribution is 7.99. The van der Waals surface area contributed by atoms with Gasteiger partial charge in [-0.2, -0.15) is 11.8 Å². The highest BCUT2D eigenvalue weighted by atomic mass is 32.2. The van der Waals surface area contributed by atoms with Crippen molar-refractivity contribution in [1.82, 2.24) is 9.88 Å². The monoisotopic (exact) mass is 486 g/mol. The van der Waals surface area contributed by atoms with Gasteiger partial charge in [0.1, 0.15) is 5.75 Å². The number of nitrogens with zero attached hydrogens (tertiary/aromatic N) is 2. The van der Waals surface area contributed by atoms with Gasteiger partial charge in [-0.15, -0.1) is 0 Å². The van der Waals surface area contributed by atoms with Crippen LogP contribution in [0.25, 0.3) is 10.9 Å². The first-order valence-electron chi connectivity index (χ1n) is 12.6. The van der Waals surface area contributed by atoms with Gasteiger partial charge < -0.3 is 19.8 Å². The SMILES string of the molecule is COc1ccc2ncc(C)c([C@@H](O)CCC3(C(=O)O)CCN(CCSC4CCCC4)CC3)c2c1. The molecule has 0 unspecified atom stereocenters. The normalized spacial score (nSPS) is 20.0. The van der Waals surface area contributed by atoms with Crippen molar-refractivity contribution in [3.8, 4) is 5.75 Å². The molecule has 34 heavy (non-hydrogen) atoms. The number of carboxylic acid groups (broad SMARTS) is 1. The number of methoxy groups -OCH3 is 1. The molecular formula is C27H38N2O4S. The van der Waals surface area contributed by atoms with E-state index in [9.17, 15) is 15.0 Å². The van der Waals surface area contributed by atoms with Crippen LogP contribution in [0.4, 0.5) is 0 Å². The highest BCUT2D eigenvalue weighted by Gasteiger charge is 2.41. The first-order chi connectivity index (χ1) is 16.4. The minimum Gasteiger partial charge on any atom is -0.497 e. The van der Waals surface area contributed by atoms with Gasteiger partial charge in [0.15, 0.2) is 0 Å². The van der Waals surface area contributed by atoms with Crippen LogP contribution in [0.3, 0.4) is 0 Å². The van der Waals surface area contributed by atoms with Crippen LogP contribution in [0.5, 0.6) is 5.75 Å². The maximum absolute atomic E-state index is 12.4. The summed E-state index contributed by atoms with van der Waals surface area (Å²) in [5, 5.41) is 23.0. The molecule has 0 bridgehead atoms. The lowest BCUT2D eigenvalue weighted by molar-refractivity contribution is -0.153. The smallest absolute Gasteiger partial charge is 0.309 e. The molecule has 0 spiro atoms. The first-order valence-corrected chi connectivity index (χ1v) is 13.7. The molecule has 4 rings (SSSR count). The van der Waals surface area contributed by atoms with Gasteiger partial charge in [-0.3, -0.25) is 9.78 Å². The number of ether oxygens (including phenoxy) is 1. The summed E-state index contributed by atoms with van der Waals surface area (Å²) in [6.07, 6.45) is 8.68. The molecule has 1 aliphatic carbocycles. The molecule has 7 heteroatoms. The van der Waals surface area contributed by atoms with E-state index in [1.165, 1.54) is 25.7 Å². The molecule has 2 heterocycles. The second kappa shape index (κ2) is 11.3. The predicted molar refractivity (Wildman–Crippen MR) is 138 cm³/mol. The number of rotatable bonds is 10. The van der Waals surface area contributed by atoms with Crippen LogP contribution in [0.2, 0.25) is 0 Å². The Morgan fingerprint density at radius 2 is 2.03 bits per heavy atom. The van der Waals surface area contributed by atoms with Crippen molar-refractivity contribution >= 4 is 28.6 Å². The number of aliphatic hydroxyl groups is 1. The lowest BCUT2D eigenvalue weighted by Gasteiger charge is -2.39.